The van der Waals surface area contributed by atoms with Crippen molar-refractivity contribution in [1.82, 2.24) is 20.4 Å². The normalized spacial score (nSPS) is 18.1. The van der Waals surface area contributed by atoms with Crippen LogP contribution in [0.5, 0.6) is 0 Å². The van der Waals surface area contributed by atoms with Crippen LogP contribution >= 0.6 is 0 Å². The summed E-state index contributed by atoms with van der Waals surface area (Å²) in [7, 11) is 0. The van der Waals surface area contributed by atoms with Crippen LogP contribution in [0.3, 0.4) is 0 Å². The number of carbonyl (C=O) groups is 4. The second-order valence-electron chi connectivity index (χ2n) is 10.3. The second kappa shape index (κ2) is 12.0. The van der Waals surface area contributed by atoms with Gasteiger partial charge < -0.3 is 20.4 Å². The Bertz CT molecular complexity index is 897. The van der Waals surface area contributed by atoms with E-state index < -0.39 is 17.9 Å². The van der Waals surface area contributed by atoms with E-state index in [1.807, 2.05) is 39.5 Å². The summed E-state index contributed by atoms with van der Waals surface area (Å²) in [5.41, 5.74) is 0.582. The topological polar surface area (TPSA) is 98.8 Å². The Balaban J connectivity index is 2.00. The largest absolute Gasteiger partial charge is 0.343 e. The van der Waals surface area contributed by atoms with Crippen molar-refractivity contribution in [3.8, 4) is 0 Å². The van der Waals surface area contributed by atoms with E-state index in [4.69, 9.17) is 0 Å². The average molecular weight is 473 g/mol. The fraction of sp³-hybridized carbons (Fsp3) is 0.615. The highest BCUT2D eigenvalue weighted by Crippen LogP contribution is 2.21. The number of carbonyl (C=O) groups excluding carboxylic acids is 4. The van der Waals surface area contributed by atoms with Gasteiger partial charge in [0.15, 0.2) is 0 Å². The SMILES string of the molecule is CC(C)CN(C(=O)CNC(=O)c1cccc(C(=O)NC2CC(C)N(CC(C)C)C2=O)c1)C(C)C. The summed E-state index contributed by atoms with van der Waals surface area (Å²) in [5, 5.41) is 5.48. The van der Waals surface area contributed by atoms with Gasteiger partial charge in [-0.05, 0) is 57.2 Å². The molecule has 2 atom stereocenters. The minimum Gasteiger partial charge on any atom is -0.343 e. The predicted molar refractivity (Wildman–Crippen MR) is 132 cm³/mol. The Labute approximate surface area is 203 Å². The third-order valence-corrected chi connectivity index (χ3v) is 5.85. The van der Waals surface area contributed by atoms with E-state index in [0.29, 0.717) is 36.9 Å². The molecular weight excluding hydrogens is 432 g/mol. The molecule has 8 heteroatoms. The summed E-state index contributed by atoms with van der Waals surface area (Å²) in [5.74, 6) is -0.371. The van der Waals surface area contributed by atoms with Crippen LogP contribution in [0.4, 0.5) is 0 Å². The van der Waals surface area contributed by atoms with E-state index in [-0.39, 0.29) is 36.0 Å². The van der Waals surface area contributed by atoms with Crippen LogP contribution in [-0.2, 0) is 9.59 Å². The molecule has 2 N–H and O–H groups in total. The van der Waals surface area contributed by atoms with Crippen molar-refractivity contribution in [2.24, 2.45) is 11.8 Å². The molecule has 34 heavy (non-hydrogen) atoms. The molecule has 0 aliphatic carbocycles. The molecule has 1 aromatic carbocycles. The predicted octanol–water partition coefficient (Wildman–Crippen LogP) is 2.68. The summed E-state index contributed by atoms with van der Waals surface area (Å²) in [6, 6.07) is 5.84. The Morgan fingerprint density at radius 2 is 1.65 bits per heavy atom. The van der Waals surface area contributed by atoms with Crippen molar-refractivity contribution in [3.05, 3.63) is 35.4 Å². The maximum Gasteiger partial charge on any atom is 0.251 e. The molecule has 1 fully saturated rings. The Morgan fingerprint density at radius 3 is 2.21 bits per heavy atom. The quantitative estimate of drug-likeness (QED) is 0.547. The lowest BCUT2D eigenvalue weighted by Crippen LogP contribution is -2.45. The van der Waals surface area contributed by atoms with E-state index in [0.717, 1.165) is 0 Å². The van der Waals surface area contributed by atoms with Gasteiger partial charge in [0.2, 0.25) is 11.8 Å². The van der Waals surface area contributed by atoms with Gasteiger partial charge in [-0.25, -0.2) is 0 Å². The van der Waals surface area contributed by atoms with Gasteiger partial charge in [0, 0.05) is 36.3 Å². The van der Waals surface area contributed by atoms with Crippen LogP contribution in [0, 0.1) is 11.8 Å². The first-order valence-electron chi connectivity index (χ1n) is 12.2. The van der Waals surface area contributed by atoms with Crippen LogP contribution in [0.15, 0.2) is 24.3 Å². The van der Waals surface area contributed by atoms with Gasteiger partial charge in [0.05, 0.1) is 6.54 Å². The number of nitrogens with zero attached hydrogens (tertiary/aromatic N) is 2. The van der Waals surface area contributed by atoms with Crippen molar-refractivity contribution in [3.63, 3.8) is 0 Å². The molecule has 1 aliphatic heterocycles. The number of amides is 4. The van der Waals surface area contributed by atoms with Gasteiger partial charge in [-0.15, -0.1) is 0 Å². The Hall–Kier alpha value is -2.90. The fourth-order valence-electron chi connectivity index (χ4n) is 4.17. The summed E-state index contributed by atoms with van der Waals surface area (Å²) in [6.07, 6.45) is 0.558. The Morgan fingerprint density at radius 1 is 1.03 bits per heavy atom. The third kappa shape index (κ3) is 7.30. The molecule has 188 valence electrons. The molecule has 0 bridgehead atoms. The van der Waals surface area contributed by atoms with E-state index >= 15 is 0 Å². The first-order chi connectivity index (χ1) is 15.9. The minimum absolute atomic E-state index is 0.0382. The average Bonchev–Trinajstić information content (AvgIpc) is 3.02. The van der Waals surface area contributed by atoms with Crippen molar-refractivity contribution in [1.29, 1.82) is 0 Å². The first kappa shape index (κ1) is 27.3. The van der Waals surface area contributed by atoms with Crippen molar-refractivity contribution >= 4 is 23.6 Å². The number of likely N-dealkylation sites (tertiary alicyclic amines) is 1. The highest BCUT2D eigenvalue weighted by Gasteiger charge is 2.38. The highest BCUT2D eigenvalue weighted by molar-refractivity contribution is 6.02. The van der Waals surface area contributed by atoms with Gasteiger partial charge >= 0.3 is 0 Å². The Kier molecular flexibility index (Phi) is 9.65. The molecular formula is C26H40N4O4. The molecule has 0 aromatic heterocycles. The molecule has 8 nitrogen and oxygen atoms in total. The number of hydrogen-bond donors (Lipinski definition) is 2. The lowest BCUT2D eigenvalue weighted by atomic mass is 10.1. The second-order valence-corrected chi connectivity index (χ2v) is 10.3. The van der Waals surface area contributed by atoms with Crippen LogP contribution in [-0.4, -0.2) is 71.2 Å². The molecule has 1 aromatic rings. The number of hydrogen-bond acceptors (Lipinski definition) is 4. The summed E-state index contributed by atoms with van der Waals surface area (Å²) in [6.45, 7) is 15.2. The lowest BCUT2D eigenvalue weighted by Gasteiger charge is -2.28. The van der Waals surface area contributed by atoms with E-state index in [1.165, 1.54) is 6.07 Å². The third-order valence-electron chi connectivity index (χ3n) is 5.85. The smallest absolute Gasteiger partial charge is 0.251 e. The van der Waals surface area contributed by atoms with Crippen molar-refractivity contribution in [2.75, 3.05) is 19.6 Å². The molecule has 4 amide bonds. The zero-order chi connectivity index (χ0) is 25.6. The van der Waals surface area contributed by atoms with Crippen molar-refractivity contribution in [2.45, 2.75) is 73.0 Å². The van der Waals surface area contributed by atoms with Gasteiger partial charge in [0.1, 0.15) is 6.04 Å². The number of benzene rings is 1. The maximum absolute atomic E-state index is 12.8. The molecule has 1 heterocycles. The summed E-state index contributed by atoms with van der Waals surface area (Å²) in [4.78, 5) is 54.3. The monoisotopic (exact) mass is 472 g/mol. The summed E-state index contributed by atoms with van der Waals surface area (Å²) >= 11 is 0. The highest BCUT2D eigenvalue weighted by atomic mass is 16.2. The van der Waals surface area contributed by atoms with E-state index in [2.05, 4.69) is 24.5 Å². The number of rotatable bonds is 10. The molecule has 2 rings (SSSR count). The molecule has 1 aliphatic rings. The van der Waals surface area contributed by atoms with Gasteiger partial charge in [-0.3, -0.25) is 19.2 Å². The zero-order valence-corrected chi connectivity index (χ0v) is 21.6. The summed E-state index contributed by atoms with van der Waals surface area (Å²) < 4.78 is 0. The zero-order valence-electron chi connectivity index (χ0n) is 21.6. The molecule has 0 spiro atoms. The molecule has 2 unspecified atom stereocenters. The van der Waals surface area contributed by atoms with Crippen LogP contribution < -0.4 is 10.6 Å². The van der Waals surface area contributed by atoms with Gasteiger partial charge in [-0.1, -0.05) is 33.8 Å². The van der Waals surface area contributed by atoms with Crippen LogP contribution in [0.2, 0.25) is 0 Å². The lowest BCUT2D eigenvalue weighted by molar-refractivity contribution is -0.132. The maximum atomic E-state index is 12.8. The fourth-order valence-corrected chi connectivity index (χ4v) is 4.17. The molecule has 1 saturated heterocycles. The van der Waals surface area contributed by atoms with E-state index in [1.54, 1.807) is 23.1 Å². The molecule has 0 saturated carbocycles. The van der Waals surface area contributed by atoms with Crippen LogP contribution in [0.25, 0.3) is 0 Å². The van der Waals surface area contributed by atoms with E-state index in [9.17, 15) is 19.2 Å². The standard InChI is InChI=1S/C26H40N4O4/c1-16(2)14-29(18(5)6)23(31)13-27-24(32)20-9-8-10-21(12-20)25(33)28-22-11-19(7)30(26(22)34)15-17(3)4/h8-10,12,16-19,22H,11,13-15H2,1-7H3,(H,27,32)(H,28,33). The van der Waals surface area contributed by atoms with Gasteiger partial charge in [0.25, 0.3) is 11.8 Å². The van der Waals surface area contributed by atoms with Gasteiger partial charge in [-0.2, -0.15) is 0 Å². The van der Waals surface area contributed by atoms with Crippen LogP contribution in [0.1, 0.15) is 75.6 Å². The first-order valence-corrected chi connectivity index (χ1v) is 12.2. The number of nitrogens with one attached hydrogen (secondary N) is 2. The molecule has 0 radical (unpaired) electrons. The van der Waals surface area contributed by atoms with Crippen molar-refractivity contribution < 1.29 is 19.2 Å². The minimum atomic E-state index is -0.570.